The van der Waals surface area contributed by atoms with E-state index in [1.807, 2.05) is 13.8 Å². The smallest absolute Gasteiger partial charge is 0.242 e. The highest BCUT2D eigenvalue weighted by atomic mass is 16.2. The van der Waals surface area contributed by atoms with Crippen molar-refractivity contribution in [2.24, 2.45) is 0 Å². The third-order valence-corrected chi connectivity index (χ3v) is 3.29. The Kier molecular flexibility index (Phi) is 6.56. The predicted molar refractivity (Wildman–Crippen MR) is 86.7 cm³/mol. The highest BCUT2D eigenvalue weighted by Gasteiger charge is 2.18. The highest BCUT2D eigenvalue weighted by molar-refractivity contribution is 5.97. The quantitative estimate of drug-likeness (QED) is 0.872. The van der Waals surface area contributed by atoms with Crippen molar-refractivity contribution in [3.63, 3.8) is 0 Å². The van der Waals surface area contributed by atoms with Crippen LogP contribution in [0.2, 0.25) is 0 Å². The summed E-state index contributed by atoms with van der Waals surface area (Å²) in [6, 6.07) is 6.83. The summed E-state index contributed by atoms with van der Waals surface area (Å²) >= 11 is 0. The molecule has 0 fully saturated rings. The Bertz CT molecular complexity index is 536. The van der Waals surface area contributed by atoms with E-state index >= 15 is 0 Å². The standard InChI is InChI=1S/C16H23N3O3/c1-5-18(6-2)16(22)11-19(13(4)21)15-9-7-14(8-10-15)17-12(3)20/h7-10H,5-6,11H2,1-4H3,(H,17,20). The molecular weight excluding hydrogens is 282 g/mol. The minimum atomic E-state index is -0.201. The minimum absolute atomic E-state index is 0.0104. The lowest BCUT2D eigenvalue weighted by molar-refractivity contribution is -0.130. The van der Waals surface area contributed by atoms with Crippen molar-refractivity contribution < 1.29 is 14.4 Å². The van der Waals surface area contributed by atoms with Crippen LogP contribution in [-0.2, 0) is 14.4 Å². The first kappa shape index (κ1) is 17.7. The Morgan fingerprint density at radius 3 is 1.95 bits per heavy atom. The van der Waals surface area contributed by atoms with Gasteiger partial charge in [0.05, 0.1) is 0 Å². The van der Waals surface area contributed by atoms with Gasteiger partial charge in [0, 0.05) is 38.3 Å². The molecule has 0 unspecified atom stereocenters. The summed E-state index contributed by atoms with van der Waals surface area (Å²) in [7, 11) is 0. The summed E-state index contributed by atoms with van der Waals surface area (Å²) in [6.07, 6.45) is 0. The Hall–Kier alpha value is -2.37. The number of amides is 3. The van der Waals surface area contributed by atoms with Crippen LogP contribution in [0.5, 0.6) is 0 Å². The van der Waals surface area contributed by atoms with Gasteiger partial charge >= 0.3 is 0 Å². The number of anilines is 2. The zero-order valence-electron chi connectivity index (χ0n) is 13.5. The van der Waals surface area contributed by atoms with E-state index in [0.717, 1.165) is 0 Å². The summed E-state index contributed by atoms with van der Waals surface area (Å²) in [4.78, 5) is 38.1. The molecule has 0 radical (unpaired) electrons. The van der Waals surface area contributed by atoms with Crippen LogP contribution in [0.3, 0.4) is 0 Å². The molecule has 0 saturated carbocycles. The Morgan fingerprint density at radius 2 is 1.55 bits per heavy atom. The second kappa shape index (κ2) is 8.17. The zero-order valence-corrected chi connectivity index (χ0v) is 13.5. The van der Waals surface area contributed by atoms with E-state index in [-0.39, 0.29) is 24.3 Å². The molecule has 0 saturated heterocycles. The van der Waals surface area contributed by atoms with Crippen molar-refractivity contribution in [2.75, 3.05) is 29.9 Å². The molecule has 0 aliphatic rings. The molecule has 0 aliphatic heterocycles. The van der Waals surface area contributed by atoms with E-state index < -0.39 is 0 Å². The Labute approximate surface area is 131 Å². The molecule has 0 atom stereocenters. The summed E-state index contributed by atoms with van der Waals surface area (Å²) in [5, 5.41) is 2.66. The second-order valence-electron chi connectivity index (χ2n) is 4.90. The number of carbonyl (C=O) groups excluding carboxylic acids is 3. The topological polar surface area (TPSA) is 69.7 Å². The first-order valence-electron chi connectivity index (χ1n) is 7.32. The maximum atomic E-state index is 12.2. The maximum Gasteiger partial charge on any atom is 0.242 e. The average molecular weight is 305 g/mol. The molecule has 0 aromatic heterocycles. The summed E-state index contributed by atoms with van der Waals surface area (Å²) < 4.78 is 0. The molecule has 6 nitrogen and oxygen atoms in total. The van der Waals surface area contributed by atoms with Gasteiger partial charge in [0.2, 0.25) is 17.7 Å². The van der Waals surface area contributed by atoms with Gasteiger partial charge in [-0.25, -0.2) is 0 Å². The summed E-state index contributed by atoms with van der Waals surface area (Å²) in [5.74, 6) is -0.452. The number of hydrogen-bond acceptors (Lipinski definition) is 3. The number of nitrogens with zero attached hydrogens (tertiary/aromatic N) is 2. The monoisotopic (exact) mass is 305 g/mol. The second-order valence-corrected chi connectivity index (χ2v) is 4.90. The molecular formula is C16H23N3O3. The van der Waals surface area contributed by atoms with Crippen molar-refractivity contribution in [2.45, 2.75) is 27.7 Å². The number of nitrogens with one attached hydrogen (secondary N) is 1. The summed E-state index contributed by atoms with van der Waals surface area (Å²) in [6.45, 7) is 7.90. The SMILES string of the molecule is CCN(CC)C(=O)CN(C(C)=O)c1ccc(NC(C)=O)cc1. The molecule has 0 heterocycles. The molecule has 1 aromatic carbocycles. The largest absolute Gasteiger partial charge is 0.342 e. The fourth-order valence-electron chi connectivity index (χ4n) is 2.12. The number of benzene rings is 1. The molecule has 0 aliphatic carbocycles. The number of likely N-dealkylation sites (N-methyl/N-ethyl adjacent to an activating group) is 1. The molecule has 6 heteroatoms. The van der Waals surface area contributed by atoms with Crippen LogP contribution in [0.4, 0.5) is 11.4 Å². The third kappa shape index (κ3) is 4.87. The first-order chi connectivity index (χ1) is 10.4. The lowest BCUT2D eigenvalue weighted by atomic mass is 10.2. The van der Waals surface area contributed by atoms with Crippen LogP contribution < -0.4 is 10.2 Å². The van der Waals surface area contributed by atoms with Crippen LogP contribution in [0.25, 0.3) is 0 Å². The van der Waals surface area contributed by atoms with Gasteiger partial charge in [0.25, 0.3) is 0 Å². The molecule has 3 amide bonds. The van der Waals surface area contributed by atoms with E-state index in [9.17, 15) is 14.4 Å². The number of rotatable bonds is 6. The van der Waals surface area contributed by atoms with Crippen molar-refractivity contribution in [3.8, 4) is 0 Å². The highest BCUT2D eigenvalue weighted by Crippen LogP contribution is 2.18. The van der Waals surface area contributed by atoms with Gasteiger partial charge in [-0.05, 0) is 38.1 Å². The summed E-state index contributed by atoms with van der Waals surface area (Å²) in [5.41, 5.74) is 1.27. The fraction of sp³-hybridized carbons (Fsp3) is 0.438. The van der Waals surface area contributed by atoms with Crippen molar-refractivity contribution in [1.29, 1.82) is 0 Å². The molecule has 0 bridgehead atoms. The molecule has 120 valence electrons. The third-order valence-electron chi connectivity index (χ3n) is 3.29. The van der Waals surface area contributed by atoms with Crippen LogP contribution in [0, 0.1) is 0 Å². The lowest BCUT2D eigenvalue weighted by Crippen LogP contribution is -2.42. The molecule has 22 heavy (non-hydrogen) atoms. The van der Waals surface area contributed by atoms with Gasteiger partial charge in [-0.1, -0.05) is 0 Å². The van der Waals surface area contributed by atoms with E-state index in [1.54, 1.807) is 29.2 Å². The van der Waals surface area contributed by atoms with Crippen molar-refractivity contribution in [3.05, 3.63) is 24.3 Å². The van der Waals surface area contributed by atoms with Gasteiger partial charge < -0.3 is 15.1 Å². The van der Waals surface area contributed by atoms with Crippen LogP contribution in [0.1, 0.15) is 27.7 Å². The van der Waals surface area contributed by atoms with Crippen LogP contribution in [-0.4, -0.2) is 42.3 Å². The van der Waals surface area contributed by atoms with Crippen molar-refractivity contribution in [1.82, 2.24) is 4.90 Å². The van der Waals surface area contributed by atoms with E-state index in [0.29, 0.717) is 24.5 Å². The Morgan fingerprint density at radius 1 is 1.00 bits per heavy atom. The van der Waals surface area contributed by atoms with E-state index in [1.165, 1.54) is 18.7 Å². The number of carbonyl (C=O) groups is 3. The van der Waals surface area contributed by atoms with Crippen LogP contribution >= 0.6 is 0 Å². The molecule has 1 N–H and O–H groups in total. The van der Waals surface area contributed by atoms with Gasteiger partial charge in [-0.15, -0.1) is 0 Å². The van der Waals surface area contributed by atoms with Gasteiger partial charge in [-0.3, -0.25) is 14.4 Å². The van der Waals surface area contributed by atoms with Gasteiger partial charge in [0.1, 0.15) is 6.54 Å². The van der Waals surface area contributed by atoms with Gasteiger partial charge in [-0.2, -0.15) is 0 Å². The fourth-order valence-corrected chi connectivity index (χ4v) is 2.12. The molecule has 0 spiro atoms. The maximum absolute atomic E-state index is 12.2. The molecule has 1 aromatic rings. The van der Waals surface area contributed by atoms with Gasteiger partial charge in [0.15, 0.2) is 0 Å². The number of hydrogen-bond donors (Lipinski definition) is 1. The van der Waals surface area contributed by atoms with E-state index in [2.05, 4.69) is 5.32 Å². The van der Waals surface area contributed by atoms with E-state index in [4.69, 9.17) is 0 Å². The minimum Gasteiger partial charge on any atom is -0.342 e. The van der Waals surface area contributed by atoms with Crippen molar-refractivity contribution >= 4 is 29.1 Å². The normalized spacial score (nSPS) is 10.0. The molecule has 1 rings (SSSR count). The Balaban J connectivity index is 2.89. The lowest BCUT2D eigenvalue weighted by Gasteiger charge is -2.25. The average Bonchev–Trinajstić information content (AvgIpc) is 2.46. The first-order valence-corrected chi connectivity index (χ1v) is 7.32. The van der Waals surface area contributed by atoms with Crippen LogP contribution in [0.15, 0.2) is 24.3 Å². The predicted octanol–water partition coefficient (Wildman–Crippen LogP) is 1.87. The zero-order chi connectivity index (χ0) is 16.7.